The molecule has 1 aliphatic heterocycles. The molecule has 0 aromatic heterocycles. The van der Waals surface area contributed by atoms with Gasteiger partial charge in [0.05, 0.1) is 12.5 Å². The zero-order chi connectivity index (χ0) is 15.2. The SMILES string of the molecule is COC(CN)CC(=O)NC1CCN(c2ccccc2)C1=O.Cl. The molecule has 0 aliphatic carbocycles. The van der Waals surface area contributed by atoms with E-state index in [4.69, 9.17) is 10.5 Å². The number of amides is 2. The summed E-state index contributed by atoms with van der Waals surface area (Å²) in [4.78, 5) is 25.9. The van der Waals surface area contributed by atoms with Crippen molar-refractivity contribution in [3.05, 3.63) is 30.3 Å². The Hall–Kier alpha value is -1.63. The molecule has 122 valence electrons. The summed E-state index contributed by atoms with van der Waals surface area (Å²) in [6.45, 7) is 0.886. The third-order valence-corrected chi connectivity index (χ3v) is 3.62. The van der Waals surface area contributed by atoms with E-state index in [9.17, 15) is 9.59 Å². The van der Waals surface area contributed by atoms with Gasteiger partial charge in [0.2, 0.25) is 11.8 Å². The zero-order valence-corrected chi connectivity index (χ0v) is 13.3. The summed E-state index contributed by atoms with van der Waals surface area (Å²) in [6, 6.07) is 8.99. The number of carbonyl (C=O) groups excluding carboxylic acids is 2. The van der Waals surface area contributed by atoms with Crippen LogP contribution in [0.15, 0.2) is 30.3 Å². The van der Waals surface area contributed by atoms with Crippen LogP contribution in [0.2, 0.25) is 0 Å². The maximum absolute atomic E-state index is 12.3. The number of hydrogen-bond acceptors (Lipinski definition) is 4. The van der Waals surface area contributed by atoms with Crippen LogP contribution in [-0.4, -0.2) is 44.2 Å². The molecule has 0 saturated carbocycles. The number of para-hydroxylation sites is 1. The van der Waals surface area contributed by atoms with E-state index in [1.54, 1.807) is 4.90 Å². The highest BCUT2D eigenvalue weighted by molar-refractivity contribution is 6.01. The largest absolute Gasteiger partial charge is 0.380 e. The van der Waals surface area contributed by atoms with Crippen molar-refractivity contribution in [3.63, 3.8) is 0 Å². The van der Waals surface area contributed by atoms with Gasteiger partial charge in [-0.25, -0.2) is 0 Å². The average molecular weight is 328 g/mol. The van der Waals surface area contributed by atoms with Crippen LogP contribution in [0.25, 0.3) is 0 Å². The minimum atomic E-state index is -0.465. The Kier molecular flexibility index (Phi) is 7.31. The Labute approximate surface area is 136 Å². The molecular weight excluding hydrogens is 306 g/mol. The monoisotopic (exact) mass is 327 g/mol. The van der Waals surface area contributed by atoms with Crippen LogP contribution < -0.4 is 16.0 Å². The molecule has 0 radical (unpaired) electrons. The molecule has 2 rings (SSSR count). The molecule has 1 fully saturated rings. The van der Waals surface area contributed by atoms with Gasteiger partial charge < -0.3 is 20.7 Å². The van der Waals surface area contributed by atoms with Gasteiger partial charge in [0.25, 0.3) is 0 Å². The third-order valence-electron chi connectivity index (χ3n) is 3.62. The van der Waals surface area contributed by atoms with E-state index in [0.717, 1.165) is 5.69 Å². The van der Waals surface area contributed by atoms with Crippen molar-refractivity contribution < 1.29 is 14.3 Å². The highest BCUT2D eigenvalue weighted by Gasteiger charge is 2.33. The lowest BCUT2D eigenvalue weighted by molar-refractivity contribution is -0.128. The van der Waals surface area contributed by atoms with Gasteiger partial charge in [-0.1, -0.05) is 18.2 Å². The minimum Gasteiger partial charge on any atom is -0.380 e. The number of rotatable bonds is 6. The molecule has 2 amide bonds. The van der Waals surface area contributed by atoms with Gasteiger partial charge in [0.15, 0.2) is 0 Å². The van der Waals surface area contributed by atoms with E-state index in [1.165, 1.54) is 7.11 Å². The van der Waals surface area contributed by atoms with Crippen LogP contribution in [-0.2, 0) is 14.3 Å². The van der Waals surface area contributed by atoms with Crippen LogP contribution in [0.3, 0.4) is 0 Å². The van der Waals surface area contributed by atoms with E-state index < -0.39 is 6.04 Å². The fourth-order valence-electron chi connectivity index (χ4n) is 2.40. The smallest absolute Gasteiger partial charge is 0.249 e. The van der Waals surface area contributed by atoms with Crippen LogP contribution in [0.1, 0.15) is 12.8 Å². The van der Waals surface area contributed by atoms with Crippen molar-refractivity contribution in [2.45, 2.75) is 25.0 Å². The van der Waals surface area contributed by atoms with Crippen molar-refractivity contribution >= 4 is 29.9 Å². The number of nitrogens with one attached hydrogen (secondary N) is 1. The third kappa shape index (κ3) is 4.43. The summed E-state index contributed by atoms with van der Waals surface area (Å²) in [6.07, 6.45) is 0.466. The van der Waals surface area contributed by atoms with Gasteiger partial charge in [-0.05, 0) is 18.6 Å². The van der Waals surface area contributed by atoms with Gasteiger partial charge in [-0.2, -0.15) is 0 Å². The number of ether oxygens (including phenoxy) is 1. The lowest BCUT2D eigenvalue weighted by Crippen LogP contribution is -2.43. The molecular formula is C15H22ClN3O3. The molecule has 1 saturated heterocycles. The molecule has 2 unspecified atom stereocenters. The topological polar surface area (TPSA) is 84.7 Å². The predicted octanol–water partition coefficient (Wildman–Crippen LogP) is 0.694. The molecule has 0 bridgehead atoms. The molecule has 22 heavy (non-hydrogen) atoms. The first-order valence-corrected chi connectivity index (χ1v) is 7.04. The molecule has 7 heteroatoms. The van der Waals surface area contributed by atoms with Crippen LogP contribution in [0.5, 0.6) is 0 Å². The number of methoxy groups -OCH3 is 1. The van der Waals surface area contributed by atoms with E-state index in [-0.39, 0.29) is 43.3 Å². The van der Waals surface area contributed by atoms with Crippen LogP contribution >= 0.6 is 12.4 Å². The quantitative estimate of drug-likeness (QED) is 0.805. The second-order valence-electron chi connectivity index (χ2n) is 5.03. The number of benzene rings is 1. The maximum atomic E-state index is 12.3. The standard InChI is InChI=1S/C15H21N3O3.ClH/c1-21-12(10-16)9-14(19)17-13-7-8-18(15(13)20)11-5-3-2-4-6-11;/h2-6,12-13H,7-10,16H2,1H3,(H,17,19);1H. The van der Waals surface area contributed by atoms with Gasteiger partial charge in [0.1, 0.15) is 6.04 Å². The Morgan fingerprint density at radius 2 is 2.14 bits per heavy atom. The first-order chi connectivity index (χ1) is 10.2. The second-order valence-corrected chi connectivity index (χ2v) is 5.03. The molecule has 2 atom stereocenters. The van der Waals surface area contributed by atoms with Gasteiger partial charge in [-0.3, -0.25) is 9.59 Å². The highest BCUT2D eigenvalue weighted by Crippen LogP contribution is 2.21. The fraction of sp³-hybridized carbons (Fsp3) is 0.467. The average Bonchev–Trinajstić information content (AvgIpc) is 2.87. The number of hydrogen-bond donors (Lipinski definition) is 2. The summed E-state index contributed by atoms with van der Waals surface area (Å²) in [5.74, 6) is -0.281. The predicted molar refractivity (Wildman–Crippen MR) is 87.1 cm³/mol. The highest BCUT2D eigenvalue weighted by atomic mass is 35.5. The summed E-state index contributed by atoms with van der Waals surface area (Å²) in [5.41, 5.74) is 6.34. The van der Waals surface area contributed by atoms with Crippen molar-refractivity contribution in [1.82, 2.24) is 5.32 Å². The number of nitrogens with zero attached hydrogens (tertiary/aromatic N) is 1. The van der Waals surface area contributed by atoms with Crippen molar-refractivity contribution in [3.8, 4) is 0 Å². The Balaban J connectivity index is 0.00000242. The number of anilines is 1. The van der Waals surface area contributed by atoms with Gasteiger partial charge in [-0.15, -0.1) is 12.4 Å². The number of nitrogens with two attached hydrogens (primary N) is 1. The summed E-state index contributed by atoms with van der Waals surface area (Å²) < 4.78 is 5.07. The molecule has 1 heterocycles. The van der Waals surface area contributed by atoms with E-state index >= 15 is 0 Å². The second kappa shape index (κ2) is 8.73. The lowest BCUT2D eigenvalue weighted by Gasteiger charge is -2.18. The first-order valence-electron chi connectivity index (χ1n) is 7.04. The molecule has 1 aromatic carbocycles. The number of carbonyl (C=O) groups is 2. The van der Waals surface area contributed by atoms with E-state index in [2.05, 4.69) is 5.32 Å². The van der Waals surface area contributed by atoms with Crippen LogP contribution in [0.4, 0.5) is 5.69 Å². The molecule has 1 aromatic rings. The summed E-state index contributed by atoms with van der Waals surface area (Å²) in [5, 5.41) is 2.76. The maximum Gasteiger partial charge on any atom is 0.249 e. The van der Waals surface area contributed by atoms with Crippen molar-refractivity contribution in [2.75, 3.05) is 25.1 Å². The molecule has 6 nitrogen and oxygen atoms in total. The van der Waals surface area contributed by atoms with Crippen LogP contribution in [0, 0.1) is 0 Å². The Morgan fingerprint density at radius 1 is 1.45 bits per heavy atom. The zero-order valence-electron chi connectivity index (χ0n) is 12.5. The Morgan fingerprint density at radius 3 is 2.73 bits per heavy atom. The minimum absolute atomic E-state index is 0. The first kappa shape index (κ1) is 18.4. The van der Waals surface area contributed by atoms with Gasteiger partial charge >= 0.3 is 0 Å². The summed E-state index contributed by atoms with van der Waals surface area (Å²) in [7, 11) is 1.52. The molecule has 3 N–H and O–H groups in total. The van der Waals surface area contributed by atoms with E-state index in [0.29, 0.717) is 13.0 Å². The number of halogens is 1. The van der Waals surface area contributed by atoms with Gasteiger partial charge in [0, 0.05) is 25.9 Å². The van der Waals surface area contributed by atoms with E-state index in [1.807, 2.05) is 30.3 Å². The lowest BCUT2D eigenvalue weighted by atomic mass is 10.2. The summed E-state index contributed by atoms with van der Waals surface area (Å²) >= 11 is 0. The van der Waals surface area contributed by atoms with Crippen molar-refractivity contribution in [1.29, 1.82) is 0 Å². The Bertz CT molecular complexity index is 494. The fourth-order valence-corrected chi connectivity index (χ4v) is 2.40. The molecule has 1 aliphatic rings. The molecule has 0 spiro atoms. The normalized spacial score (nSPS) is 18.7. The van der Waals surface area contributed by atoms with Crippen molar-refractivity contribution in [2.24, 2.45) is 5.73 Å².